The van der Waals surface area contributed by atoms with Crippen LogP contribution in [0, 0.1) is 0 Å². The van der Waals surface area contributed by atoms with Crippen LogP contribution in [0.2, 0.25) is 5.02 Å². The van der Waals surface area contributed by atoms with Gasteiger partial charge in [0, 0.05) is 25.1 Å². The van der Waals surface area contributed by atoms with Crippen molar-refractivity contribution in [2.75, 3.05) is 25.6 Å². The first-order valence-electron chi connectivity index (χ1n) is 8.01. The molecule has 0 fully saturated rings. The van der Waals surface area contributed by atoms with Crippen LogP contribution in [-0.2, 0) is 16.0 Å². The molecule has 6 heteroatoms. The number of carbonyl (C=O) groups is 2. The summed E-state index contributed by atoms with van der Waals surface area (Å²) in [6, 6.07) is 14.3. The van der Waals surface area contributed by atoms with Gasteiger partial charge in [0.25, 0.3) is 5.91 Å². The normalized spacial score (nSPS) is 10.3. The average molecular weight is 361 g/mol. The highest BCUT2D eigenvalue weighted by molar-refractivity contribution is 6.31. The molecule has 0 bridgehead atoms. The number of benzene rings is 2. The lowest BCUT2D eigenvalue weighted by atomic mass is 10.1. The lowest BCUT2D eigenvalue weighted by molar-refractivity contribution is -0.116. The summed E-state index contributed by atoms with van der Waals surface area (Å²) in [5.74, 6) is -0.420. The van der Waals surface area contributed by atoms with Crippen molar-refractivity contribution in [1.82, 2.24) is 5.32 Å². The third-order valence-corrected chi connectivity index (χ3v) is 3.99. The topological polar surface area (TPSA) is 67.4 Å². The number of hydrogen-bond donors (Lipinski definition) is 2. The number of ether oxygens (including phenoxy) is 1. The predicted octanol–water partition coefficient (Wildman–Crippen LogP) is 3.29. The van der Waals surface area contributed by atoms with E-state index < -0.39 is 0 Å². The Labute approximate surface area is 152 Å². The Morgan fingerprint density at radius 3 is 2.56 bits per heavy atom. The van der Waals surface area contributed by atoms with Gasteiger partial charge in [0.1, 0.15) is 0 Å². The first-order chi connectivity index (χ1) is 12.1. The predicted molar refractivity (Wildman–Crippen MR) is 99.1 cm³/mol. The summed E-state index contributed by atoms with van der Waals surface area (Å²) < 4.78 is 4.91. The molecular formula is C19H21ClN2O3. The molecule has 25 heavy (non-hydrogen) atoms. The highest BCUT2D eigenvalue weighted by Crippen LogP contribution is 2.18. The molecule has 5 nitrogen and oxygen atoms in total. The zero-order chi connectivity index (χ0) is 18.1. The monoisotopic (exact) mass is 360 g/mol. The molecule has 0 aliphatic carbocycles. The quantitative estimate of drug-likeness (QED) is 0.710. The van der Waals surface area contributed by atoms with Gasteiger partial charge >= 0.3 is 0 Å². The number of anilines is 1. The molecular weight excluding hydrogens is 340 g/mol. The van der Waals surface area contributed by atoms with Crippen LogP contribution < -0.4 is 10.6 Å². The Morgan fingerprint density at radius 1 is 1.08 bits per heavy atom. The van der Waals surface area contributed by atoms with Crippen molar-refractivity contribution in [3.05, 3.63) is 64.7 Å². The summed E-state index contributed by atoms with van der Waals surface area (Å²) in [5, 5.41) is 6.19. The van der Waals surface area contributed by atoms with Crippen molar-refractivity contribution in [3.8, 4) is 0 Å². The summed E-state index contributed by atoms with van der Waals surface area (Å²) in [4.78, 5) is 24.4. The maximum absolute atomic E-state index is 12.2. The van der Waals surface area contributed by atoms with Crippen LogP contribution in [-0.4, -0.2) is 32.1 Å². The maximum atomic E-state index is 12.2. The van der Waals surface area contributed by atoms with Crippen LogP contribution in [0.5, 0.6) is 0 Å². The molecule has 0 saturated carbocycles. The zero-order valence-electron chi connectivity index (χ0n) is 14.0. The molecule has 0 heterocycles. The van der Waals surface area contributed by atoms with Gasteiger partial charge < -0.3 is 15.4 Å². The van der Waals surface area contributed by atoms with E-state index in [-0.39, 0.29) is 18.2 Å². The Bertz CT molecular complexity index is 734. The fraction of sp³-hybridized carbons (Fsp3) is 0.263. The standard InChI is InChI=1S/C19H21ClN2O3/c1-25-13-12-21-19(24)15-7-3-5-9-17(15)22-18(23)11-10-14-6-2-4-8-16(14)20/h2-9H,10-13H2,1H3,(H,21,24)(H,22,23). The summed E-state index contributed by atoms with van der Waals surface area (Å²) in [5.41, 5.74) is 1.83. The molecule has 2 aromatic rings. The molecule has 132 valence electrons. The van der Waals surface area contributed by atoms with E-state index in [0.29, 0.717) is 35.8 Å². The third kappa shape index (κ3) is 5.89. The van der Waals surface area contributed by atoms with E-state index in [4.69, 9.17) is 16.3 Å². The second-order valence-corrected chi connectivity index (χ2v) is 5.84. The van der Waals surface area contributed by atoms with Gasteiger partial charge in [-0.15, -0.1) is 0 Å². The number of amides is 2. The molecule has 0 saturated heterocycles. The zero-order valence-corrected chi connectivity index (χ0v) is 14.8. The smallest absolute Gasteiger partial charge is 0.253 e. The average Bonchev–Trinajstić information content (AvgIpc) is 2.61. The molecule has 0 radical (unpaired) electrons. The minimum Gasteiger partial charge on any atom is -0.383 e. The Balaban J connectivity index is 1.96. The van der Waals surface area contributed by atoms with E-state index >= 15 is 0 Å². The summed E-state index contributed by atoms with van der Waals surface area (Å²) in [6.45, 7) is 0.836. The lowest BCUT2D eigenvalue weighted by Crippen LogP contribution is -2.28. The minimum absolute atomic E-state index is 0.169. The van der Waals surface area contributed by atoms with Gasteiger partial charge in [0.15, 0.2) is 0 Å². The van der Waals surface area contributed by atoms with Crippen molar-refractivity contribution in [1.29, 1.82) is 0 Å². The number of para-hydroxylation sites is 1. The molecule has 2 N–H and O–H groups in total. The van der Waals surface area contributed by atoms with Crippen molar-refractivity contribution < 1.29 is 14.3 Å². The second kappa shape index (κ2) is 9.81. The van der Waals surface area contributed by atoms with Gasteiger partial charge in [0.05, 0.1) is 17.9 Å². The van der Waals surface area contributed by atoms with Gasteiger partial charge in [-0.1, -0.05) is 41.9 Å². The lowest BCUT2D eigenvalue weighted by Gasteiger charge is -2.11. The maximum Gasteiger partial charge on any atom is 0.253 e. The van der Waals surface area contributed by atoms with E-state index in [1.165, 1.54) is 0 Å². The molecule has 0 unspecified atom stereocenters. The number of aryl methyl sites for hydroxylation is 1. The third-order valence-electron chi connectivity index (χ3n) is 3.62. The van der Waals surface area contributed by atoms with Crippen LogP contribution in [0.4, 0.5) is 5.69 Å². The molecule has 0 atom stereocenters. The van der Waals surface area contributed by atoms with Gasteiger partial charge in [0.2, 0.25) is 5.91 Å². The highest BCUT2D eigenvalue weighted by Gasteiger charge is 2.13. The molecule has 0 aromatic heterocycles. The van der Waals surface area contributed by atoms with E-state index in [9.17, 15) is 9.59 Å². The number of rotatable bonds is 8. The van der Waals surface area contributed by atoms with Crippen molar-refractivity contribution in [3.63, 3.8) is 0 Å². The number of nitrogens with one attached hydrogen (secondary N) is 2. The Kier molecular flexibility index (Phi) is 7.44. The Morgan fingerprint density at radius 2 is 1.80 bits per heavy atom. The van der Waals surface area contributed by atoms with Crippen molar-refractivity contribution in [2.45, 2.75) is 12.8 Å². The molecule has 2 amide bonds. The fourth-order valence-electron chi connectivity index (χ4n) is 2.31. The molecule has 2 rings (SSSR count). The molecule has 2 aromatic carbocycles. The van der Waals surface area contributed by atoms with Gasteiger partial charge in [-0.3, -0.25) is 9.59 Å². The number of carbonyl (C=O) groups excluding carboxylic acids is 2. The minimum atomic E-state index is -0.251. The van der Waals surface area contributed by atoms with E-state index in [1.54, 1.807) is 37.4 Å². The van der Waals surface area contributed by atoms with Crippen molar-refractivity contribution in [2.24, 2.45) is 0 Å². The summed E-state index contributed by atoms with van der Waals surface area (Å²) in [6.07, 6.45) is 0.817. The fourth-order valence-corrected chi connectivity index (χ4v) is 2.54. The highest BCUT2D eigenvalue weighted by atomic mass is 35.5. The van der Waals surface area contributed by atoms with Crippen LogP contribution in [0.1, 0.15) is 22.3 Å². The first kappa shape index (κ1) is 19.0. The van der Waals surface area contributed by atoms with Gasteiger partial charge in [-0.2, -0.15) is 0 Å². The first-order valence-corrected chi connectivity index (χ1v) is 8.39. The molecule has 0 spiro atoms. The summed E-state index contributed by atoms with van der Waals surface area (Å²) >= 11 is 6.10. The van der Waals surface area contributed by atoms with E-state index in [1.807, 2.05) is 18.2 Å². The number of methoxy groups -OCH3 is 1. The summed E-state index contributed by atoms with van der Waals surface area (Å²) in [7, 11) is 1.57. The molecule has 0 aliphatic heterocycles. The molecule has 0 aliphatic rings. The van der Waals surface area contributed by atoms with Crippen LogP contribution in [0.25, 0.3) is 0 Å². The number of hydrogen-bond acceptors (Lipinski definition) is 3. The largest absolute Gasteiger partial charge is 0.383 e. The van der Waals surface area contributed by atoms with Gasteiger partial charge in [-0.25, -0.2) is 0 Å². The second-order valence-electron chi connectivity index (χ2n) is 5.43. The van der Waals surface area contributed by atoms with Crippen LogP contribution >= 0.6 is 11.6 Å². The van der Waals surface area contributed by atoms with E-state index in [2.05, 4.69) is 10.6 Å². The SMILES string of the molecule is COCCNC(=O)c1ccccc1NC(=O)CCc1ccccc1Cl. The number of halogens is 1. The van der Waals surface area contributed by atoms with Gasteiger partial charge in [-0.05, 0) is 30.2 Å². The van der Waals surface area contributed by atoms with E-state index in [0.717, 1.165) is 5.56 Å². The Hall–Kier alpha value is -2.37. The van der Waals surface area contributed by atoms with Crippen molar-refractivity contribution >= 4 is 29.1 Å². The van der Waals surface area contributed by atoms with Crippen LogP contribution in [0.3, 0.4) is 0 Å². The van der Waals surface area contributed by atoms with Crippen LogP contribution in [0.15, 0.2) is 48.5 Å².